The number of carbonyl (C=O) groups excluding carboxylic acids is 10. The second-order valence-corrected chi connectivity index (χ2v) is 43.9. The molecular weight excluding hydrogens is 1740 g/mol. The maximum absolute atomic E-state index is 12.2. The van der Waals surface area contributed by atoms with Crippen molar-refractivity contribution in [2.24, 2.45) is 115 Å². The number of carboxylic acid groups (broad SMARTS) is 3. The van der Waals surface area contributed by atoms with Gasteiger partial charge in [0.1, 0.15) is 44.7 Å². The molecule has 0 radical (unpaired) electrons. The molecule has 26 heteroatoms. The topological polar surface area (TPSA) is 375 Å². The fraction of sp³-hybridized carbons (Fsp3) is 0.791. The van der Waals surface area contributed by atoms with Gasteiger partial charge in [0.05, 0.1) is 70.2 Å². The van der Waals surface area contributed by atoms with Crippen LogP contribution < -0.4 is 0 Å². The number of fused-ring (bicyclic) bond motifs is 15. The number of esters is 10. The Morgan fingerprint density at radius 1 is 0.360 bits per heavy atom. The van der Waals surface area contributed by atoms with E-state index in [1.807, 2.05) is 83.1 Å². The Morgan fingerprint density at radius 2 is 0.647 bits per heavy atom. The molecule has 0 aliphatic heterocycles. The van der Waals surface area contributed by atoms with Gasteiger partial charge in [-0.25, -0.2) is 9.59 Å². The zero-order valence-electron chi connectivity index (χ0n) is 88.1. The lowest BCUT2D eigenvalue weighted by atomic mass is 9.80. The van der Waals surface area contributed by atoms with Crippen LogP contribution in [0.25, 0.3) is 0 Å². The van der Waals surface area contributed by atoms with E-state index in [0.717, 1.165) is 117 Å². The highest BCUT2D eigenvalue weighted by atomic mass is 16.6. The SMILES string of the molecule is C=CC(=O)OCC(COC(=O)C(C)(C)CC)OC(=O)CCC(=O)O.C=CC(=O)OCC(COC(=O)C(C)(C)CC)OC(=O)CCC(=O)O.CCC(C)(C)C(=O)O.CCC(C)(C)C(=O)OC1CC2CC1C1CCCC21.CCC(C)(C)C(=O)OC1CC2CC1C1CCCC21.CCC(C)(C)C(=O)OC1CC2CC1C1CCCC21.CCC(C)c1ccccc1.CCCCC(CC)COC(=O)C(C)(C)CC. The zero-order valence-corrected chi connectivity index (χ0v) is 88.1. The quantitative estimate of drug-likeness (QED) is 0.0310. The van der Waals surface area contributed by atoms with Crippen LogP contribution in [-0.4, -0.2) is 156 Å². The molecule has 3 N–H and O–H groups in total. The summed E-state index contributed by atoms with van der Waals surface area (Å²) in [6, 6.07) is 10.6. The van der Waals surface area contributed by atoms with Crippen molar-refractivity contribution < 1.29 is 125 Å². The summed E-state index contributed by atoms with van der Waals surface area (Å²) >= 11 is 0. The van der Waals surface area contributed by atoms with Gasteiger partial charge in [-0.1, -0.05) is 158 Å². The van der Waals surface area contributed by atoms with E-state index in [1.54, 1.807) is 41.5 Å². The predicted octanol–water partition coefficient (Wildman–Crippen LogP) is 23.2. The first-order valence-corrected chi connectivity index (χ1v) is 51.5. The lowest BCUT2D eigenvalue weighted by Gasteiger charge is -2.33. The highest BCUT2D eigenvalue weighted by Gasteiger charge is 2.58. The molecule has 9 aliphatic rings. The molecule has 1 aromatic carbocycles. The van der Waals surface area contributed by atoms with E-state index < -0.39 is 82.2 Å². The Labute approximate surface area is 816 Å². The number of hydrogen-bond donors (Lipinski definition) is 3. The number of carboxylic acids is 3. The van der Waals surface area contributed by atoms with Crippen LogP contribution in [-0.2, 0) is 110 Å². The minimum absolute atomic E-state index is 0.0251. The molecule has 6 bridgehead atoms. The first kappa shape index (κ1) is 122. The fourth-order valence-electron chi connectivity index (χ4n) is 19.0. The van der Waals surface area contributed by atoms with E-state index in [-0.39, 0.29) is 116 Å². The molecule has 136 heavy (non-hydrogen) atoms. The number of rotatable bonds is 43. The van der Waals surface area contributed by atoms with Crippen molar-refractivity contribution in [3.63, 3.8) is 0 Å². The molecule has 9 fully saturated rings. The monoisotopic (exact) mass is 1920 g/mol. The predicted molar refractivity (Wildman–Crippen MR) is 524 cm³/mol. The third-order valence-corrected chi connectivity index (χ3v) is 31.6. The summed E-state index contributed by atoms with van der Waals surface area (Å²) in [4.78, 5) is 149. The summed E-state index contributed by atoms with van der Waals surface area (Å²) in [6.45, 7) is 54.6. The minimum Gasteiger partial charge on any atom is -0.481 e. The van der Waals surface area contributed by atoms with Crippen LogP contribution in [0.4, 0.5) is 0 Å². The average molecular weight is 1920 g/mol. The fourth-order valence-corrected chi connectivity index (χ4v) is 19.0. The van der Waals surface area contributed by atoms with Crippen molar-refractivity contribution in [2.45, 2.75) is 409 Å². The summed E-state index contributed by atoms with van der Waals surface area (Å²) in [5, 5.41) is 25.5. The molecule has 0 heterocycles. The number of unbranched alkanes of at least 4 members (excludes halogenated alkanes) is 1. The molecule has 10 rings (SSSR count). The second kappa shape index (κ2) is 58.1. The molecule has 9 saturated carbocycles. The first-order valence-electron chi connectivity index (χ1n) is 51.5. The molecule has 19 atom stereocenters. The first-order chi connectivity index (χ1) is 63.6. The standard InChI is InChI=1S/2C16H24O8.3C16H26O2.C14H28O2.C10H14.C6H12O2/c2*1-5-13(19)22-9-11(24-14(20)8-7-12(17)18)10-23-15(21)16(3,4)6-2;3*1-4-16(2,3)15(17)18-14-9-10-8-13(14)12-7-5-6-11(10)12;1-6-9-10-12(7-2)11-16-13(15)14(4,5)8-3;1-3-9(2)10-7-5-4-6-8-10;1-4-6(2,3)5(7)8/h2*5,11H,1,6-10H2,2-4H3,(H,17,18);3*10-14H,4-9H2,1-3H3;12H,6-11H2,1-5H3;4-9H,3H2,1-2H3;4H2,1-3H3,(H,7,8). The highest BCUT2D eigenvalue weighted by molar-refractivity contribution is 5.83. The smallest absolute Gasteiger partial charge is 0.330 e. The van der Waals surface area contributed by atoms with Crippen LogP contribution in [0.3, 0.4) is 0 Å². The molecule has 19 unspecified atom stereocenters. The molecule has 0 amide bonds. The van der Waals surface area contributed by atoms with E-state index >= 15 is 0 Å². The third kappa shape index (κ3) is 39.1. The van der Waals surface area contributed by atoms with Gasteiger partial charge >= 0.3 is 77.6 Å². The highest BCUT2D eigenvalue weighted by Crippen LogP contribution is 2.62. The summed E-state index contributed by atoms with van der Waals surface area (Å²) in [7, 11) is 0. The van der Waals surface area contributed by atoms with Crippen molar-refractivity contribution in [1.82, 2.24) is 0 Å². The second-order valence-electron chi connectivity index (χ2n) is 43.9. The Morgan fingerprint density at radius 3 is 0.904 bits per heavy atom. The number of carbonyl (C=O) groups is 13. The van der Waals surface area contributed by atoms with Gasteiger partial charge in [0, 0.05) is 12.2 Å². The largest absolute Gasteiger partial charge is 0.481 e. The maximum atomic E-state index is 12.2. The molecule has 1 aromatic rings. The normalized spacial score (nSPS) is 24.1. The lowest BCUT2D eigenvalue weighted by molar-refractivity contribution is -0.170. The molecular formula is C110H180O26. The van der Waals surface area contributed by atoms with Crippen LogP contribution >= 0.6 is 0 Å². The van der Waals surface area contributed by atoms with Gasteiger partial charge in [-0.3, -0.25) is 52.7 Å². The van der Waals surface area contributed by atoms with Crippen LogP contribution in [0.1, 0.15) is 384 Å². The van der Waals surface area contributed by atoms with Crippen molar-refractivity contribution >= 4 is 77.6 Å². The summed E-state index contributed by atoms with van der Waals surface area (Å²) in [5.41, 5.74) is -1.75. The third-order valence-electron chi connectivity index (χ3n) is 31.6. The van der Waals surface area contributed by atoms with E-state index in [2.05, 4.69) is 92.0 Å². The lowest BCUT2D eigenvalue weighted by Crippen LogP contribution is -2.36. The van der Waals surface area contributed by atoms with Gasteiger partial charge in [-0.05, 0) is 320 Å². The van der Waals surface area contributed by atoms with E-state index in [4.69, 9.17) is 62.7 Å². The summed E-state index contributed by atoms with van der Waals surface area (Å²) in [6.07, 6.45) is 30.4. The van der Waals surface area contributed by atoms with E-state index in [0.29, 0.717) is 55.5 Å². The van der Waals surface area contributed by atoms with Crippen LogP contribution in [0, 0.1) is 115 Å². The molecule has 776 valence electrons. The van der Waals surface area contributed by atoms with Gasteiger partial charge in [-0.15, -0.1) is 0 Å². The van der Waals surface area contributed by atoms with Gasteiger partial charge in [0.15, 0.2) is 12.2 Å². The Balaban J connectivity index is 0.000000406. The van der Waals surface area contributed by atoms with Crippen LogP contribution in [0.15, 0.2) is 55.6 Å². The van der Waals surface area contributed by atoms with Crippen LogP contribution in [0.2, 0.25) is 0 Å². The molecule has 0 spiro atoms. The number of hydrogen-bond acceptors (Lipinski definition) is 23. The average Bonchev–Trinajstić information content (AvgIpc) is 1.61. The van der Waals surface area contributed by atoms with Crippen molar-refractivity contribution in [2.75, 3.05) is 33.0 Å². The Bertz CT molecular complexity index is 3670. The minimum atomic E-state index is -1.14. The van der Waals surface area contributed by atoms with Gasteiger partial charge in [0.25, 0.3) is 0 Å². The number of aliphatic carboxylic acids is 3. The van der Waals surface area contributed by atoms with E-state index in [1.165, 1.54) is 108 Å². The molecule has 26 nitrogen and oxygen atoms in total. The Hall–Kier alpha value is -8.19. The molecule has 0 saturated heterocycles. The van der Waals surface area contributed by atoms with Gasteiger partial charge < -0.3 is 62.7 Å². The van der Waals surface area contributed by atoms with Gasteiger partial charge in [0.2, 0.25) is 0 Å². The number of benzene rings is 1. The molecule has 0 aromatic heterocycles. The number of ether oxygens (including phenoxy) is 10. The van der Waals surface area contributed by atoms with Crippen molar-refractivity contribution in [1.29, 1.82) is 0 Å². The summed E-state index contributed by atoms with van der Waals surface area (Å²) < 4.78 is 52.8. The summed E-state index contributed by atoms with van der Waals surface area (Å²) in [5.74, 6) is 4.54. The van der Waals surface area contributed by atoms with Crippen LogP contribution in [0.5, 0.6) is 0 Å². The molecule has 9 aliphatic carbocycles. The van der Waals surface area contributed by atoms with Crippen molar-refractivity contribution in [3.8, 4) is 0 Å². The van der Waals surface area contributed by atoms with Gasteiger partial charge in [-0.2, -0.15) is 0 Å². The Kier molecular flexibility index (Phi) is 52.1. The van der Waals surface area contributed by atoms with Crippen molar-refractivity contribution in [3.05, 3.63) is 61.2 Å². The zero-order chi connectivity index (χ0) is 103. The maximum Gasteiger partial charge on any atom is 0.330 e. The van der Waals surface area contributed by atoms with E-state index in [9.17, 15) is 62.3 Å².